The van der Waals surface area contributed by atoms with Gasteiger partial charge in [-0.2, -0.15) is 0 Å². The predicted molar refractivity (Wildman–Crippen MR) is 75.6 cm³/mol. The summed E-state index contributed by atoms with van der Waals surface area (Å²) in [5.41, 5.74) is 5.18. The number of benzene rings is 2. The minimum atomic E-state index is 1.10. The Morgan fingerprint density at radius 2 is 1.24 bits per heavy atom. The summed E-state index contributed by atoms with van der Waals surface area (Å²) in [5.74, 6) is 0. The van der Waals surface area contributed by atoms with Gasteiger partial charge < -0.3 is 4.90 Å². The highest BCUT2D eigenvalue weighted by Gasteiger charge is 1.99. The van der Waals surface area contributed by atoms with Gasteiger partial charge in [0.15, 0.2) is 0 Å². The lowest BCUT2D eigenvalue weighted by Gasteiger charge is -2.12. The van der Waals surface area contributed by atoms with Crippen LogP contribution in [-0.4, -0.2) is 14.1 Å². The smallest absolute Gasteiger partial charge is 0.0361 e. The van der Waals surface area contributed by atoms with Crippen LogP contribution >= 0.6 is 0 Å². The van der Waals surface area contributed by atoms with Crippen molar-refractivity contribution < 1.29 is 0 Å². The summed E-state index contributed by atoms with van der Waals surface area (Å²) in [4.78, 5) is 2.12. The largest absolute Gasteiger partial charge is 0.378 e. The lowest BCUT2D eigenvalue weighted by Crippen LogP contribution is -2.07. The van der Waals surface area contributed by atoms with Crippen molar-refractivity contribution in [1.82, 2.24) is 0 Å². The van der Waals surface area contributed by atoms with E-state index in [1.807, 2.05) is 0 Å². The molecule has 0 aliphatic carbocycles. The van der Waals surface area contributed by atoms with Gasteiger partial charge in [0.1, 0.15) is 0 Å². The number of anilines is 1. The highest BCUT2D eigenvalue weighted by molar-refractivity contribution is 5.66. The van der Waals surface area contributed by atoms with Crippen LogP contribution in [0.3, 0.4) is 0 Å². The molecule has 2 aromatic carbocycles. The van der Waals surface area contributed by atoms with Crippen molar-refractivity contribution in [1.29, 1.82) is 0 Å². The molecule has 0 amide bonds. The number of hydrogen-bond acceptors (Lipinski definition) is 1. The zero-order chi connectivity index (χ0) is 12.3. The summed E-state index contributed by atoms with van der Waals surface area (Å²) in [6.45, 7) is 2.18. The molecule has 0 N–H and O–H groups in total. The Morgan fingerprint density at radius 3 is 1.65 bits per heavy atom. The van der Waals surface area contributed by atoms with Crippen LogP contribution in [0.2, 0.25) is 0 Å². The molecule has 0 heterocycles. The highest BCUT2D eigenvalue weighted by Crippen LogP contribution is 2.22. The molecule has 0 unspecified atom stereocenters. The maximum Gasteiger partial charge on any atom is 0.0361 e. The molecule has 0 atom stereocenters. The van der Waals surface area contributed by atoms with Gasteiger partial charge in [0.25, 0.3) is 0 Å². The quantitative estimate of drug-likeness (QED) is 0.763. The monoisotopic (exact) mass is 225 g/mol. The first-order chi connectivity index (χ1) is 8.20. The van der Waals surface area contributed by atoms with Gasteiger partial charge in [-0.15, -0.1) is 0 Å². The number of hydrogen-bond donors (Lipinski definition) is 0. The minimum absolute atomic E-state index is 1.10. The molecular weight excluding hydrogens is 206 g/mol. The van der Waals surface area contributed by atoms with E-state index in [-0.39, 0.29) is 0 Å². The second-order valence-corrected chi connectivity index (χ2v) is 4.49. The summed E-state index contributed by atoms with van der Waals surface area (Å²) >= 11 is 0. The summed E-state index contributed by atoms with van der Waals surface area (Å²) in [5, 5.41) is 0. The molecule has 0 saturated carbocycles. The van der Waals surface area contributed by atoms with Crippen LogP contribution in [0.1, 0.15) is 12.5 Å². The molecule has 0 bridgehead atoms. The van der Waals surface area contributed by atoms with Gasteiger partial charge in [0.05, 0.1) is 0 Å². The zero-order valence-electron chi connectivity index (χ0n) is 10.8. The van der Waals surface area contributed by atoms with Crippen LogP contribution in [0, 0.1) is 0 Å². The molecule has 2 rings (SSSR count). The Kier molecular flexibility index (Phi) is 3.48. The third kappa shape index (κ3) is 2.68. The Morgan fingerprint density at radius 1 is 0.765 bits per heavy atom. The van der Waals surface area contributed by atoms with Crippen LogP contribution in [-0.2, 0) is 6.42 Å². The summed E-state index contributed by atoms with van der Waals surface area (Å²) < 4.78 is 0. The normalized spacial score (nSPS) is 10.3. The van der Waals surface area contributed by atoms with Crippen LogP contribution < -0.4 is 4.90 Å². The average Bonchev–Trinajstić information content (AvgIpc) is 2.39. The van der Waals surface area contributed by atoms with E-state index in [2.05, 4.69) is 74.4 Å². The molecule has 0 aliphatic rings. The second-order valence-electron chi connectivity index (χ2n) is 4.49. The first kappa shape index (κ1) is 11.7. The van der Waals surface area contributed by atoms with E-state index in [1.54, 1.807) is 0 Å². The Bertz CT molecular complexity index is 466. The molecule has 0 fully saturated rings. The zero-order valence-corrected chi connectivity index (χ0v) is 10.8. The van der Waals surface area contributed by atoms with Gasteiger partial charge in [-0.05, 0) is 35.2 Å². The Balaban J connectivity index is 2.26. The topological polar surface area (TPSA) is 3.24 Å². The first-order valence-corrected chi connectivity index (χ1v) is 6.07. The Hall–Kier alpha value is -1.76. The van der Waals surface area contributed by atoms with Crippen molar-refractivity contribution in [3.63, 3.8) is 0 Å². The highest BCUT2D eigenvalue weighted by atomic mass is 15.1. The summed E-state index contributed by atoms with van der Waals surface area (Å²) in [6.07, 6.45) is 1.10. The van der Waals surface area contributed by atoms with Crippen LogP contribution in [0.4, 0.5) is 5.69 Å². The van der Waals surface area contributed by atoms with Crippen molar-refractivity contribution >= 4 is 5.69 Å². The summed E-state index contributed by atoms with van der Waals surface area (Å²) in [6, 6.07) is 17.5. The van der Waals surface area contributed by atoms with Gasteiger partial charge in [-0.3, -0.25) is 0 Å². The van der Waals surface area contributed by atoms with Crippen LogP contribution in [0.15, 0.2) is 48.5 Å². The fraction of sp³-hybridized carbons (Fsp3) is 0.250. The third-order valence-corrected chi connectivity index (χ3v) is 3.08. The van der Waals surface area contributed by atoms with E-state index in [1.165, 1.54) is 22.4 Å². The van der Waals surface area contributed by atoms with Crippen LogP contribution in [0.5, 0.6) is 0 Å². The first-order valence-electron chi connectivity index (χ1n) is 6.07. The molecule has 0 spiro atoms. The lowest BCUT2D eigenvalue weighted by molar-refractivity contribution is 1.13. The van der Waals surface area contributed by atoms with E-state index < -0.39 is 0 Å². The van der Waals surface area contributed by atoms with E-state index in [9.17, 15) is 0 Å². The van der Waals surface area contributed by atoms with E-state index >= 15 is 0 Å². The van der Waals surface area contributed by atoms with Crippen molar-refractivity contribution in [3.8, 4) is 11.1 Å². The molecule has 1 nitrogen and oxygen atoms in total. The lowest BCUT2D eigenvalue weighted by atomic mass is 10.0. The molecule has 17 heavy (non-hydrogen) atoms. The molecule has 88 valence electrons. The van der Waals surface area contributed by atoms with Gasteiger partial charge >= 0.3 is 0 Å². The maximum absolute atomic E-state index is 2.20. The number of rotatable bonds is 3. The minimum Gasteiger partial charge on any atom is -0.378 e. The number of aryl methyl sites for hydroxylation is 1. The fourth-order valence-electron chi connectivity index (χ4n) is 1.88. The molecule has 0 aromatic heterocycles. The average molecular weight is 225 g/mol. The standard InChI is InChI=1S/C16H19N/c1-4-13-5-7-14(8-6-13)15-9-11-16(12-10-15)17(2)3/h5-12H,4H2,1-3H3. The van der Waals surface area contributed by atoms with Gasteiger partial charge in [0.2, 0.25) is 0 Å². The molecule has 0 aliphatic heterocycles. The molecule has 2 aromatic rings. The van der Waals surface area contributed by atoms with Gasteiger partial charge in [-0.25, -0.2) is 0 Å². The molecule has 0 saturated heterocycles. The Labute approximate surface area is 104 Å². The van der Waals surface area contributed by atoms with Crippen molar-refractivity contribution in [2.75, 3.05) is 19.0 Å². The van der Waals surface area contributed by atoms with Crippen LogP contribution in [0.25, 0.3) is 11.1 Å². The fourth-order valence-corrected chi connectivity index (χ4v) is 1.88. The second kappa shape index (κ2) is 5.05. The molecular formula is C16H19N. The third-order valence-electron chi connectivity index (χ3n) is 3.08. The van der Waals surface area contributed by atoms with Crippen molar-refractivity contribution in [3.05, 3.63) is 54.1 Å². The van der Waals surface area contributed by atoms with E-state index in [4.69, 9.17) is 0 Å². The summed E-state index contributed by atoms with van der Waals surface area (Å²) in [7, 11) is 4.12. The maximum atomic E-state index is 2.20. The van der Waals surface area contributed by atoms with Gasteiger partial charge in [-0.1, -0.05) is 43.3 Å². The molecule has 0 radical (unpaired) electrons. The predicted octanol–water partition coefficient (Wildman–Crippen LogP) is 3.98. The number of nitrogens with zero attached hydrogens (tertiary/aromatic N) is 1. The van der Waals surface area contributed by atoms with E-state index in [0.717, 1.165) is 6.42 Å². The van der Waals surface area contributed by atoms with Crippen molar-refractivity contribution in [2.24, 2.45) is 0 Å². The van der Waals surface area contributed by atoms with Crippen molar-refractivity contribution in [2.45, 2.75) is 13.3 Å². The van der Waals surface area contributed by atoms with E-state index in [0.29, 0.717) is 0 Å². The van der Waals surface area contributed by atoms with Gasteiger partial charge in [0, 0.05) is 19.8 Å². The SMILES string of the molecule is CCc1ccc(-c2ccc(N(C)C)cc2)cc1. The molecule has 1 heteroatoms.